The summed E-state index contributed by atoms with van der Waals surface area (Å²) >= 11 is 6.03. The van der Waals surface area contributed by atoms with Gasteiger partial charge in [0.25, 0.3) is 0 Å². The van der Waals surface area contributed by atoms with Crippen LogP contribution in [0.2, 0.25) is 5.02 Å². The summed E-state index contributed by atoms with van der Waals surface area (Å²) in [6.07, 6.45) is 2.30. The van der Waals surface area contributed by atoms with Gasteiger partial charge in [-0.2, -0.15) is 0 Å². The van der Waals surface area contributed by atoms with Gasteiger partial charge in [0.05, 0.1) is 12.0 Å². The number of carbonyl (C=O) groups excluding carboxylic acids is 2. The molecular formula is C30H34ClN3O5S. The van der Waals surface area contributed by atoms with E-state index < -0.39 is 16.1 Å². The Hall–Kier alpha value is -3.40. The topological polar surface area (TPSA) is 105 Å². The van der Waals surface area contributed by atoms with Gasteiger partial charge in [0, 0.05) is 30.6 Å². The molecule has 3 aromatic carbocycles. The smallest absolute Gasteiger partial charge is 0.242 e. The first-order chi connectivity index (χ1) is 19.1. The predicted molar refractivity (Wildman–Crippen MR) is 154 cm³/mol. The molecule has 40 heavy (non-hydrogen) atoms. The van der Waals surface area contributed by atoms with Crippen molar-refractivity contribution in [2.24, 2.45) is 0 Å². The lowest BCUT2D eigenvalue weighted by Crippen LogP contribution is -2.47. The van der Waals surface area contributed by atoms with E-state index in [0.29, 0.717) is 18.0 Å². The average molecular weight is 584 g/mol. The van der Waals surface area contributed by atoms with Crippen LogP contribution in [0.25, 0.3) is 0 Å². The molecular weight excluding hydrogens is 550 g/mol. The largest absolute Gasteiger partial charge is 0.497 e. The molecule has 3 aromatic rings. The second-order valence-corrected chi connectivity index (χ2v) is 12.1. The molecule has 8 nitrogen and oxygen atoms in total. The maximum absolute atomic E-state index is 13.4. The Morgan fingerprint density at radius 2 is 1.55 bits per heavy atom. The number of hydrogen-bond donors (Lipinski definition) is 2. The first-order valence-electron chi connectivity index (χ1n) is 13.2. The monoisotopic (exact) mass is 583 g/mol. The highest BCUT2D eigenvalue weighted by molar-refractivity contribution is 7.89. The van der Waals surface area contributed by atoms with Gasteiger partial charge in [-0.3, -0.25) is 9.59 Å². The summed E-state index contributed by atoms with van der Waals surface area (Å²) in [4.78, 5) is 28.3. The second-order valence-electron chi connectivity index (χ2n) is 9.93. The third kappa shape index (κ3) is 8.30. The molecule has 0 spiro atoms. The molecule has 1 aliphatic rings. The van der Waals surface area contributed by atoms with E-state index in [1.807, 2.05) is 36.4 Å². The number of sulfonamides is 1. The van der Waals surface area contributed by atoms with Crippen LogP contribution < -0.4 is 14.8 Å². The maximum atomic E-state index is 13.4. The minimum Gasteiger partial charge on any atom is -0.497 e. The Labute approximate surface area is 240 Å². The molecule has 0 aliphatic heterocycles. The number of halogens is 1. The zero-order chi connectivity index (χ0) is 28.7. The van der Waals surface area contributed by atoms with E-state index in [1.54, 1.807) is 55.3 Å². The van der Waals surface area contributed by atoms with E-state index in [2.05, 4.69) is 10.0 Å². The van der Waals surface area contributed by atoms with Crippen molar-refractivity contribution in [3.63, 3.8) is 0 Å². The molecule has 0 saturated heterocycles. The van der Waals surface area contributed by atoms with Crippen LogP contribution in [-0.4, -0.2) is 44.3 Å². The van der Waals surface area contributed by atoms with Crippen LogP contribution in [0, 0.1) is 0 Å². The van der Waals surface area contributed by atoms with Crippen molar-refractivity contribution in [2.45, 2.75) is 62.7 Å². The first kappa shape index (κ1) is 29.6. The summed E-state index contributed by atoms with van der Waals surface area (Å²) in [6, 6.07) is 20.5. The Bertz CT molecular complexity index is 1410. The second kappa shape index (κ2) is 13.3. The first-order valence-corrected chi connectivity index (χ1v) is 15.1. The van der Waals surface area contributed by atoms with Gasteiger partial charge in [-0.15, -0.1) is 0 Å². The third-order valence-corrected chi connectivity index (χ3v) is 8.61. The molecule has 1 unspecified atom stereocenters. The molecule has 4 rings (SSSR count). The zero-order valence-corrected chi connectivity index (χ0v) is 24.2. The van der Waals surface area contributed by atoms with Gasteiger partial charge < -0.3 is 15.0 Å². The van der Waals surface area contributed by atoms with Crippen molar-refractivity contribution in [2.75, 3.05) is 7.11 Å². The van der Waals surface area contributed by atoms with Crippen molar-refractivity contribution in [1.29, 1.82) is 0 Å². The van der Waals surface area contributed by atoms with Crippen molar-refractivity contribution in [1.82, 2.24) is 14.9 Å². The lowest BCUT2D eigenvalue weighted by Gasteiger charge is -2.29. The lowest BCUT2D eigenvalue weighted by molar-refractivity contribution is -0.140. The van der Waals surface area contributed by atoms with E-state index in [-0.39, 0.29) is 35.7 Å². The van der Waals surface area contributed by atoms with Crippen molar-refractivity contribution >= 4 is 33.4 Å². The van der Waals surface area contributed by atoms with E-state index in [1.165, 1.54) is 0 Å². The van der Waals surface area contributed by atoms with Gasteiger partial charge in [0.15, 0.2) is 0 Å². The molecule has 0 bridgehead atoms. The van der Waals surface area contributed by atoms with Gasteiger partial charge >= 0.3 is 0 Å². The zero-order valence-electron chi connectivity index (χ0n) is 22.6. The number of nitrogens with zero attached hydrogens (tertiary/aromatic N) is 1. The molecule has 0 radical (unpaired) electrons. The SMILES string of the molecule is COc1ccc(CNC(=O)C(C)N(Cc2ccc(Cl)cc2)C(=O)CCc2ccc(S(=O)(=O)NC3CC3)cc2)cc1. The fourth-order valence-electron chi connectivity index (χ4n) is 4.17. The minimum absolute atomic E-state index is 0.0318. The van der Waals surface area contributed by atoms with Gasteiger partial charge in [-0.05, 0) is 79.3 Å². The van der Waals surface area contributed by atoms with Crippen LogP contribution >= 0.6 is 11.6 Å². The van der Waals surface area contributed by atoms with E-state index in [4.69, 9.17) is 16.3 Å². The molecule has 2 N–H and O–H groups in total. The molecule has 0 aromatic heterocycles. The number of nitrogens with one attached hydrogen (secondary N) is 2. The van der Waals surface area contributed by atoms with Crippen molar-refractivity contribution < 1.29 is 22.7 Å². The number of ether oxygens (including phenoxy) is 1. The fourth-order valence-corrected chi connectivity index (χ4v) is 5.60. The number of rotatable bonds is 13. The predicted octanol–water partition coefficient (Wildman–Crippen LogP) is 4.46. The highest BCUT2D eigenvalue weighted by Gasteiger charge is 2.28. The van der Waals surface area contributed by atoms with Crippen LogP contribution in [0.3, 0.4) is 0 Å². The van der Waals surface area contributed by atoms with E-state index in [9.17, 15) is 18.0 Å². The molecule has 212 valence electrons. The normalized spacial score (nSPS) is 13.9. The molecule has 2 amide bonds. The maximum Gasteiger partial charge on any atom is 0.242 e. The van der Waals surface area contributed by atoms with Gasteiger partial charge in [0.2, 0.25) is 21.8 Å². The molecule has 1 fully saturated rings. The summed E-state index contributed by atoms with van der Waals surface area (Å²) in [5.41, 5.74) is 2.60. The van der Waals surface area contributed by atoms with E-state index in [0.717, 1.165) is 35.3 Å². The van der Waals surface area contributed by atoms with Crippen LogP contribution in [-0.2, 0) is 39.1 Å². The fraction of sp³-hybridized carbons (Fsp3) is 0.333. The summed E-state index contributed by atoms with van der Waals surface area (Å²) in [6.45, 7) is 2.28. The minimum atomic E-state index is -3.53. The quantitative estimate of drug-likeness (QED) is 0.309. The van der Waals surface area contributed by atoms with Crippen molar-refractivity contribution in [3.05, 3.63) is 94.5 Å². The standard InChI is InChI=1S/C30H34ClN3O5S/c1-21(30(36)32-19-23-5-14-27(39-2)15-6-23)34(20-24-3-10-25(31)11-4-24)29(35)18-9-22-7-16-28(17-8-22)40(37,38)33-26-12-13-26/h3-8,10-11,14-17,21,26,33H,9,12-13,18-20H2,1-2H3,(H,32,36). The number of methoxy groups -OCH3 is 1. The average Bonchev–Trinajstić information content (AvgIpc) is 3.77. The lowest BCUT2D eigenvalue weighted by atomic mass is 10.1. The Morgan fingerprint density at radius 1 is 0.950 bits per heavy atom. The molecule has 1 aliphatic carbocycles. The summed E-state index contributed by atoms with van der Waals surface area (Å²) in [5.74, 6) is 0.277. The van der Waals surface area contributed by atoms with Gasteiger partial charge in [-0.1, -0.05) is 48.0 Å². The summed E-state index contributed by atoms with van der Waals surface area (Å²) in [7, 11) is -1.94. The van der Waals surface area contributed by atoms with Crippen molar-refractivity contribution in [3.8, 4) is 5.75 Å². The Kier molecular flexibility index (Phi) is 9.84. The Morgan fingerprint density at radius 3 is 2.15 bits per heavy atom. The van der Waals surface area contributed by atoms with Crippen LogP contribution in [0.4, 0.5) is 0 Å². The third-order valence-electron chi connectivity index (χ3n) is 6.82. The molecule has 10 heteroatoms. The molecule has 1 atom stereocenters. The van der Waals surface area contributed by atoms with Gasteiger partial charge in [-0.25, -0.2) is 13.1 Å². The number of benzene rings is 3. The number of carbonyl (C=O) groups is 2. The number of aryl methyl sites for hydroxylation is 1. The summed E-state index contributed by atoms with van der Waals surface area (Å²) in [5, 5.41) is 3.51. The highest BCUT2D eigenvalue weighted by Crippen LogP contribution is 2.23. The van der Waals surface area contributed by atoms with Crippen LogP contribution in [0.5, 0.6) is 5.75 Å². The Balaban J connectivity index is 1.40. The number of hydrogen-bond acceptors (Lipinski definition) is 5. The molecule has 0 heterocycles. The number of amides is 2. The van der Waals surface area contributed by atoms with Crippen LogP contribution in [0.15, 0.2) is 77.7 Å². The summed E-state index contributed by atoms with van der Waals surface area (Å²) < 4.78 is 32.7. The van der Waals surface area contributed by atoms with Gasteiger partial charge in [0.1, 0.15) is 11.8 Å². The molecule has 1 saturated carbocycles. The van der Waals surface area contributed by atoms with Crippen LogP contribution in [0.1, 0.15) is 42.9 Å². The van der Waals surface area contributed by atoms with E-state index >= 15 is 0 Å². The highest BCUT2D eigenvalue weighted by atomic mass is 35.5.